The van der Waals surface area contributed by atoms with Crippen molar-refractivity contribution in [2.45, 2.75) is 19.5 Å². The van der Waals surface area contributed by atoms with Crippen LogP contribution in [0.25, 0.3) is 0 Å². The van der Waals surface area contributed by atoms with Gasteiger partial charge in [0.2, 0.25) is 0 Å². The first-order chi connectivity index (χ1) is 8.53. The van der Waals surface area contributed by atoms with Gasteiger partial charge in [-0.1, -0.05) is 0 Å². The summed E-state index contributed by atoms with van der Waals surface area (Å²) in [5, 5.41) is 30.7. The number of hydrogen-bond donors (Lipinski definition) is 3. The highest BCUT2D eigenvalue weighted by molar-refractivity contribution is 5.93. The van der Waals surface area contributed by atoms with E-state index in [0.29, 0.717) is 6.54 Å². The third kappa shape index (κ3) is 3.05. The second kappa shape index (κ2) is 6.12. The van der Waals surface area contributed by atoms with Crippen LogP contribution in [0.2, 0.25) is 0 Å². The molecule has 0 spiro atoms. The summed E-state index contributed by atoms with van der Waals surface area (Å²) < 4.78 is 1.43. The van der Waals surface area contributed by atoms with E-state index < -0.39 is 30.1 Å². The number of amides is 1. The number of carbonyl (C=O) groups excluding carboxylic acids is 1. The second-order valence-electron chi connectivity index (χ2n) is 3.66. The molecule has 1 amide bonds. The number of rotatable bonds is 6. The molecule has 0 aliphatic rings. The lowest BCUT2D eigenvalue weighted by Crippen LogP contribution is -2.40. The molecule has 3 N–H and O–H groups in total. The lowest BCUT2D eigenvalue weighted by Gasteiger charge is -2.13. The van der Waals surface area contributed by atoms with Gasteiger partial charge in [-0.25, -0.2) is 0 Å². The number of aliphatic hydroxyl groups is 2. The molecular formula is C10H15N3O5. The van der Waals surface area contributed by atoms with Crippen LogP contribution in [0.1, 0.15) is 17.4 Å². The smallest absolute Gasteiger partial charge is 0.287 e. The quantitative estimate of drug-likeness (QED) is 0.469. The van der Waals surface area contributed by atoms with Gasteiger partial charge < -0.3 is 20.1 Å². The van der Waals surface area contributed by atoms with E-state index in [1.54, 1.807) is 6.92 Å². The molecule has 0 aliphatic carbocycles. The number of nitrogens with zero attached hydrogens (tertiary/aromatic N) is 2. The Balaban J connectivity index is 2.93. The molecule has 0 aromatic carbocycles. The predicted octanol–water partition coefficient (Wildman–Crippen LogP) is -0.501. The largest absolute Gasteiger partial charge is 0.394 e. The summed E-state index contributed by atoms with van der Waals surface area (Å²) in [6, 6.07) is 0.377. The number of carbonyl (C=O) groups is 1. The molecule has 0 saturated heterocycles. The molecule has 0 radical (unpaired) electrons. The third-order valence-corrected chi connectivity index (χ3v) is 2.44. The monoisotopic (exact) mass is 257 g/mol. The summed E-state index contributed by atoms with van der Waals surface area (Å²) in [5.41, 5.74) is -0.0531. The lowest BCUT2D eigenvalue weighted by molar-refractivity contribution is -0.384. The predicted molar refractivity (Wildman–Crippen MR) is 62.2 cm³/mol. The van der Waals surface area contributed by atoms with Crippen molar-refractivity contribution in [1.82, 2.24) is 9.88 Å². The molecule has 1 aromatic heterocycles. The molecule has 1 rings (SSSR count). The fourth-order valence-corrected chi connectivity index (χ4v) is 1.46. The Hall–Kier alpha value is -1.93. The average Bonchev–Trinajstić information content (AvgIpc) is 2.79. The normalized spacial score (nSPS) is 10.7. The van der Waals surface area contributed by atoms with Crippen LogP contribution >= 0.6 is 0 Å². The minimum Gasteiger partial charge on any atom is -0.394 e. The van der Waals surface area contributed by atoms with Crippen LogP contribution in [0.4, 0.5) is 5.69 Å². The molecule has 0 atom stereocenters. The van der Waals surface area contributed by atoms with Crippen molar-refractivity contribution in [3.8, 4) is 0 Å². The van der Waals surface area contributed by atoms with Crippen LogP contribution in [-0.4, -0.2) is 44.9 Å². The van der Waals surface area contributed by atoms with E-state index >= 15 is 0 Å². The van der Waals surface area contributed by atoms with Crippen molar-refractivity contribution in [2.75, 3.05) is 13.2 Å². The molecule has 8 heteroatoms. The van der Waals surface area contributed by atoms with Gasteiger partial charge in [-0.2, -0.15) is 0 Å². The number of nitro groups is 1. The Bertz CT molecular complexity index is 439. The van der Waals surface area contributed by atoms with Crippen LogP contribution in [0.3, 0.4) is 0 Å². The Kier molecular flexibility index (Phi) is 4.81. The maximum Gasteiger partial charge on any atom is 0.287 e. The molecule has 1 heterocycles. The van der Waals surface area contributed by atoms with Crippen molar-refractivity contribution in [1.29, 1.82) is 0 Å². The Morgan fingerprint density at radius 3 is 2.61 bits per heavy atom. The standard InChI is InChI=1S/C10H15N3O5/c1-2-12-4-8(13(17)18)3-9(12)10(16)11-7(5-14)6-15/h3-4,7,14-15H,2,5-6H2,1H3,(H,11,16). The van der Waals surface area contributed by atoms with Crippen LogP contribution in [0.15, 0.2) is 12.3 Å². The number of aromatic nitrogens is 1. The summed E-state index contributed by atoms with van der Waals surface area (Å²) in [6.07, 6.45) is 1.27. The van der Waals surface area contributed by atoms with Crippen LogP contribution in [0.5, 0.6) is 0 Å². The van der Waals surface area contributed by atoms with Crippen molar-refractivity contribution in [3.63, 3.8) is 0 Å². The number of hydrogen-bond acceptors (Lipinski definition) is 5. The van der Waals surface area contributed by atoms with E-state index in [1.807, 2.05) is 0 Å². The highest BCUT2D eigenvalue weighted by Gasteiger charge is 2.20. The maximum atomic E-state index is 11.8. The molecule has 1 aromatic rings. The van der Waals surface area contributed by atoms with Gasteiger partial charge >= 0.3 is 0 Å². The molecule has 0 bridgehead atoms. The molecule has 0 saturated carbocycles. The van der Waals surface area contributed by atoms with Gasteiger partial charge in [0.05, 0.1) is 30.4 Å². The maximum absolute atomic E-state index is 11.8. The van der Waals surface area contributed by atoms with Crippen LogP contribution < -0.4 is 5.32 Å². The highest BCUT2D eigenvalue weighted by Crippen LogP contribution is 2.16. The number of nitrogens with one attached hydrogen (secondary N) is 1. The molecule has 8 nitrogen and oxygen atoms in total. The average molecular weight is 257 g/mol. The lowest BCUT2D eigenvalue weighted by atomic mass is 10.3. The fourth-order valence-electron chi connectivity index (χ4n) is 1.46. The van der Waals surface area contributed by atoms with Gasteiger partial charge in [0.1, 0.15) is 5.69 Å². The number of aliphatic hydroxyl groups excluding tert-OH is 2. The molecule has 0 fully saturated rings. The first kappa shape index (κ1) is 14.1. The van der Waals surface area contributed by atoms with E-state index in [4.69, 9.17) is 10.2 Å². The third-order valence-electron chi connectivity index (χ3n) is 2.44. The summed E-state index contributed by atoms with van der Waals surface area (Å²) in [7, 11) is 0. The summed E-state index contributed by atoms with van der Waals surface area (Å²) >= 11 is 0. The minimum atomic E-state index is -0.781. The SMILES string of the molecule is CCn1cc([N+](=O)[O-])cc1C(=O)NC(CO)CO. The number of aryl methyl sites for hydroxylation is 1. The van der Waals surface area contributed by atoms with Gasteiger partial charge in [-0.05, 0) is 6.92 Å². The van der Waals surface area contributed by atoms with Gasteiger partial charge in [-0.3, -0.25) is 14.9 Å². The van der Waals surface area contributed by atoms with E-state index in [9.17, 15) is 14.9 Å². The molecule has 18 heavy (non-hydrogen) atoms. The van der Waals surface area contributed by atoms with Crippen molar-refractivity contribution in [2.24, 2.45) is 0 Å². The fraction of sp³-hybridized carbons (Fsp3) is 0.500. The van der Waals surface area contributed by atoms with Crippen molar-refractivity contribution >= 4 is 11.6 Å². The molecule has 100 valence electrons. The van der Waals surface area contributed by atoms with Crippen molar-refractivity contribution < 1.29 is 19.9 Å². The van der Waals surface area contributed by atoms with E-state index in [1.165, 1.54) is 10.8 Å². The van der Waals surface area contributed by atoms with Crippen LogP contribution in [0, 0.1) is 10.1 Å². The minimum absolute atomic E-state index is 0.121. The van der Waals surface area contributed by atoms with Gasteiger partial charge in [-0.15, -0.1) is 0 Å². The Morgan fingerprint density at radius 2 is 2.17 bits per heavy atom. The van der Waals surface area contributed by atoms with Gasteiger partial charge in [0, 0.05) is 12.6 Å². The van der Waals surface area contributed by atoms with Gasteiger partial charge in [0.15, 0.2) is 0 Å². The molecule has 0 unspecified atom stereocenters. The van der Waals surface area contributed by atoms with E-state index in [2.05, 4.69) is 5.32 Å². The summed E-state index contributed by atoms with van der Waals surface area (Å²) in [4.78, 5) is 21.8. The zero-order valence-corrected chi connectivity index (χ0v) is 9.87. The first-order valence-electron chi connectivity index (χ1n) is 5.40. The zero-order valence-electron chi connectivity index (χ0n) is 9.87. The molecule has 0 aliphatic heterocycles. The van der Waals surface area contributed by atoms with E-state index in [-0.39, 0.29) is 11.4 Å². The summed E-state index contributed by atoms with van der Waals surface area (Å²) in [5.74, 6) is -0.571. The first-order valence-corrected chi connectivity index (χ1v) is 5.40. The van der Waals surface area contributed by atoms with Gasteiger partial charge in [0.25, 0.3) is 11.6 Å². The van der Waals surface area contributed by atoms with Crippen molar-refractivity contribution in [3.05, 3.63) is 28.1 Å². The van der Waals surface area contributed by atoms with E-state index in [0.717, 1.165) is 6.07 Å². The molecular weight excluding hydrogens is 242 g/mol. The zero-order chi connectivity index (χ0) is 13.7. The topological polar surface area (TPSA) is 118 Å². The summed E-state index contributed by atoms with van der Waals surface area (Å²) in [6.45, 7) is 1.34. The second-order valence-corrected chi connectivity index (χ2v) is 3.66. The highest BCUT2D eigenvalue weighted by atomic mass is 16.6. The Labute approximate surface area is 103 Å². The Morgan fingerprint density at radius 1 is 1.56 bits per heavy atom. The van der Waals surface area contributed by atoms with Crippen LogP contribution in [-0.2, 0) is 6.54 Å².